The van der Waals surface area contributed by atoms with Gasteiger partial charge in [-0.1, -0.05) is 24.3 Å². The minimum Gasteiger partial charge on any atom is -0.469 e. The van der Waals surface area contributed by atoms with E-state index in [1.54, 1.807) is 6.26 Å². The average Bonchev–Trinajstić information content (AvgIpc) is 2.69. The number of carbonyl (C=O) groups excluding carboxylic acids is 1. The van der Waals surface area contributed by atoms with Gasteiger partial charge in [0, 0.05) is 17.2 Å². The second-order valence-electron chi connectivity index (χ2n) is 3.32. The summed E-state index contributed by atoms with van der Waals surface area (Å²) in [6.07, 6.45) is 2.65. The zero-order valence-corrected chi connectivity index (χ0v) is 8.53. The van der Waals surface area contributed by atoms with Crippen LogP contribution in [0.4, 0.5) is 0 Å². The van der Waals surface area contributed by atoms with Crippen molar-refractivity contribution in [3.05, 3.63) is 36.3 Å². The molecule has 0 aliphatic heterocycles. The van der Waals surface area contributed by atoms with Crippen LogP contribution in [0.25, 0.3) is 10.8 Å². The van der Waals surface area contributed by atoms with Crippen LogP contribution >= 0.6 is 0 Å². The van der Waals surface area contributed by atoms with Crippen LogP contribution in [-0.4, -0.2) is 13.1 Å². The fourth-order valence-electron chi connectivity index (χ4n) is 1.56. The maximum atomic E-state index is 11.0. The summed E-state index contributed by atoms with van der Waals surface area (Å²) in [5.74, 6) is 0.631. The predicted molar refractivity (Wildman–Crippen MR) is 56.6 cm³/mol. The fraction of sp³-hybridized carbons (Fsp3) is 0.250. The van der Waals surface area contributed by atoms with Crippen molar-refractivity contribution >= 4 is 16.7 Å². The Morgan fingerprint density at radius 3 is 3.00 bits per heavy atom. The molecule has 1 heterocycles. The van der Waals surface area contributed by atoms with Crippen LogP contribution in [0.15, 0.2) is 34.9 Å². The van der Waals surface area contributed by atoms with E-state index in [4.69, 9.17) is 4.42 Å². The molecule has 78 valence electrons. The van der Waals surface area contributed by atoms with Crippen LogP contribution in [0.1, 0.15) is 12.2 Å². The van der Waals surface area contributed by atoms with Gasteiger partial charge in [-0.2, -0.15) is 0 Å². The Labute approximate surface area is 87.6 Å². The van der Waals surface area contributed by atoms with E-state index < -0.39 is 0 Å². The normalized spacial score (nSPS) is 10.5. The van der Waals surface area contributed by atoms with Crippen LogP contribution in [0.5, 0.6) is 0 Å². The van der Waals surface area contributed by atoms with Gasteiger partial charge in [0.2, 0.25) is 0 Å². The number of fused-ring (bicyclic) bond motifs is 1. The number of rotatable bonds is 3. The molecule has 0 fully saturated rings. The van der Waals surface area contributed by atoms with Gasteiger partial charge in [0.15, 0.2) is 0 Å². The summed E-state index contributed by atoms with van der Waals surface area (Å²) in [7, 11) is 1.39. The maximum absolute atomic E-state index is 11.0. The summed E-state index contributed by atoms with van der Waals surface area (Å²) >= 11 is 0. The maximum Gasteiger partial charge on any atom is 0.305 e. The highest BCUT2D eigenvalue weighted by Crippen LogP contribution is 2.21. The van der Waals surface area contributed by atoms with Crippen molar-refractivity contribution in [3.63, 3.8) is 0 Å². The third kappa shape index (κ3) is 2.01. The van der Waals surface area contributed by atoms with Gasteiger partial charge in [-0.05, 0) is 0 Å². The number of methoxy groups -OCH3 is 1. The number of aryl methyl sites for hydroxylation is 1. The van der Waals surface area contributed by atoms with E-state index in [1.807, 2.05) is 24.3 Å². The Balaban J connectivity index is 2.18. The Hall–Kier alpha value is -1.77. The van der Waals surface area contributed by atoms with Crippen LogP contribution in [0.2, 0.25) is 0 Å². The van der Waals surface area contributed by atoms with Crippen molar-refractivity contribution < 1.29 is 13.9 Å². The van der Waals surface area contributed by atoms with Gasteiger partial charge in [-0.3, -0.25) is 4.79 Å². The largest absolute Gasteiger partial charge is 0.469 e. The molecule has 0 bridgehead atoms. The molecule has 0 unspecified atom stereocenters. The molecule has 3 heteroatoms. The second-order valence-corrected chi connectivity index (χ2v) is 3.32. The van der Waals surface area contributed by atoms with Crippen molar-refractivity contribution in [1.29, 1.82) is 0 Å². The summed E-state index contributed by atoms with van der Waals surface area (Å²) in [4.78, 5) is 11.0. The van der Waals surface area contributed by atoms with E-state index in [0.717, 1.165) is 16.5 Å². The fourth-order valence-corrected chi connectivity index (χ4v) is 1.56. The van der Waals surface area contributed by atoms with Crippen LogP contribution in [0.3, 0.4) is 0 Å². The van der Waals surface area contributed by atoms with Crippen molar-refractivity contribution in [3.8, 4) is 0 Å². The Kier molecular flexibility index (Phi) is 2.72. The lowest BCUT2D eigenvalue weighted by Gasteiger charge is -1.97. The molecule has 0 spiro atoms. The summed E-state index contributed by atoms with van der Waals surface area (Å²) in [6, 6.07) is 7.90. The Morgan fingerprint density at radius 1 is 1.40 bits per heavy atom. The highest BCUT2D eigenvalue weighted by molar-refractivity contribution is 5.84. The monoisotopic (exact) mass is 204 g/mol. The van der Waals surface area contributed by atoms with E-state index in [2.05, 4.69) is 4.74 Å². The summed E-state index contributed by atoms with van der Waals surface area (Å²) in [5.41, 5.74) is 0. The smallest absolute Gasteiger partial charge is 0.305 e. The molecule has 0 radical (unpaired) electrons. The van der Waals surface area contributed by atoms with Crippen LogP contribution < -0.4 is 0 Å². The molecular weight excluding hydrogens is 192 g/mol. The lowest BCUT2D eigenvalue weighted by atomic mass is 10.1. The molecule has 3 nitrogen and oxygen atoms in total. The first-order valence-electron chi connectivity index (χ1n) is 4.83. The summed E-state index contributed by atoms with van der Waals surface area (Å²) < 4.78 is 9.98. The molecule has 2 rings (SSSR count). The molecule has 0 aliphatic rings. The average molecular weight is 204 g/mol. The highest BCUT2D eigenvalue weighted by atomic mass is 16.5. The van der Waals surface area contributed by atoms with E-state index >= 15 is 0 Å². The molecule has 0 saturated carbocycles. The van der Waals surface area contributed by atoms with Crippen LogP contribution in [0, 0.1) is 0 Å². The molecule has 15 heavy (non-hydrogen) atoms. The van der Waals surface area contributed by atoms with Gasteiger partial charge < -0.3 is 9.15 Å². The Morgan fingerprint density at radius 2 is 2.20 bits per heavy atom. The number of ether oxygens (including phenoxy) is 1. The molecule has 2 aromatic rings. The van der Waals surface area contributed by atoms with Crippen molar-refractivity contribution in [2.75, 3.05) is 7.11 Å². The van der Waals surface area contributed by atoms with Gasteiger partial charge in [-0.15, -0.1) is 0 Å². The number of benzene rings is 1. The molecule has 0 amide bonds. The first-order chi connectivity index (χ1) is 7.31. The van der Waals surface area contributed by atoms with Gasteiger partial charge in [0.1, 0.15) is 5.76 Å². The minimum atomic E-state index is -0.213. The molecule has 0 N–H and O–H groups in total. The van der Waals surface area contributed by atoms with Crippen molar-refractivity contribution in [2.24, 2.45) is 0 Å². The predicted octanol–water partition coefficient (Wildman–Crippen LogP) is 2.54. The summed E-state index contributed by atoms with van der Waals surface area (Å²) in [5, 5.41) is 2.14. The number of furan rings is 1. The van der Waals surface area contributed by atoms with Gasteiger partial charge in [0.05, 0.1) is 19.8 Å². The van der Waals surface area contributed by atoms with E-state index in [0.29, 0.717) is 12.8 Å². The second kappa shape index (κ2) is 4.17. The number of hydrogen-bond donors (Lipinski definition) is 0. The van der Waals surface area contributed by atoms with Gasteiger partial charge >= 0.3 is 5.97 Å². The van der Waals surface area contributed by atoms with Crippen LogP contribution in [-0.2, 0) is 16.0 Å². The van der Waals surface area contributed by atoms with Crippen molar-refractivity contribution in [2.45, 2.75) is 12.8 Å². The first-order valence-corrected chi connectivity index (χ1v) is 4.83. The molecule has 1 aromatic carbocycles. The lowest BCUT2D eigenvalue weighted by Crippen LogP contribution is -2.01. The summed E-state index contributed by atoms with van der Waals surface area (Å²) in [6.45, 7) is 0. The molecule has 0 atom stereocenters. The molecule has 0 aliphatic carbocycles. The van der Waals surface area contributed by atoms with Gasteiger partial charge in [0.25, 0.3) is 0 Å². The van der Waals surface area contributed by atoms with E-state index in [-0.39, 0.29) is 5.97 Å². The molecular formula is C12H12O3. The zero-order valence-electron chi connectivity index (χ0n) is 8.53. The zero-order chi connectivity index (χ0) is 10.7. The standard InChI is InChI=1S/C12H12O3/c1-14-12(13)7-6-11-10-5-3-2-4-9(10)8-15-11/h2-5,8H,6-7H2,1H3. The number of carbonyl (C=O) groups is 1. The van der Waals surface area contributed by atoms with E-state index in [1.165, 1.54) is 7.11 Å². The van der Waals surface area contributed by atoms with E-state index in [9.17, 15) is 4.79 Å². The minimum absolute atomic E-state index is 0.213. The third-order valence-electron chi connectivity index (χ3n) is 2.37. The van der Waals surface area contributed by atoms with Crippen molar-refractivity contribution in [1.82, 2.24) is 0 Å². The number of hydrogen-bond acceptors (Lipinski definition) is 3. The quantitative estimate of drug-likeness (QED) is 0.721. The Bertz CT molecular complexity index is 470. The lowest BCUT2D eigenvalue weighted by molar-refractivity contribution is -0.140. The third-order valence-corrected chi connectivity index (χ3v) is 2.37. The first kappa shape index (κ1) is 9.77. The highest BCUT2D eigenvalue weighted by Gasteiger charge is 2.08. The topological polar surface area (TPSA) is 39.4 Å². The SMILES string of the molecule is COC(=O)CCc1occ2ccccc12. The van der Waals surface area contributed by atoms with Gasteiger partial charge in [-0.25, -0.2) is 0 Å². The molecule has 0 saturated heterocycles. The molecule has 1 aromatic heterocycles. The number of esters is 1.